The van der Waals surface area contributed by atoms with Gasteiger partial charge in [0.25, 0.3) is 5.56 Å². The highest BCUT2D eigenvalue weighted by atomic mass is 19.1. The van der Waals surface area contributed by atoms with Crippen molar-refractivity contribution in [2.24, 2.45) is 0 Å². The maximum absolute atomic E-state index is 15.3. The molecule has 6 aromatic rings. The van der Waals surface area contributed by atoms with Crippen LogP contribution in [0.3, 0.4) is 0 Å². The second kappa shape index (κ2) is 9.64. The lowest BCUT2D eigenvalue weighted by Crippen LogP contribution is -2.24. The summed E-state index contributed by atoms with van der Waals surface area (Å²) in [5, 5.41) is 15.8. The van der Waals surface area contributed by atoms with Crippen molar-refractivity contribution in [3.8, 4) is 22.6 Å². The number of hydrogen-bond donors (Lipinski definition) is 2. The van der Waals surface area contributed by atoms with E-state index in [-0.39, 0.29) is 16.5 Å². The van der Waals surface area contributed by atoms with Crippen molar-refractivity contribution >= 4 is 27.5 Å². The Balaban J connectivity index is 1.55. The number of halogens is 2. The lowest BCUT2D eigenvalue weighted by atomic mass is 9.86. The molecule has 206 valence electrons. The molecular weight excluding hydrogens is 524 g/mol. The minimum atomic E-state index is -0.649. The molecule has 9 heteroatoms. The van der Waals surface area contributed by atoms with Gasteiger partial charge in [-0.2, -0.15) is 9.78 Å². The predicted octanol–water partition coefficient (Wildman–Crippen LogP) is 6.04. The molecule has 0 aliphatic rings. The number of aliphatic hydroxyl groups excluding tert-OH is 1. The molecule has 0 radical (unpaired) electrons. The number of nitrogen functional groups attached to an aromatic ring is 1. The fourth-order valence-corrected chi connectivity index (χ4v) is 5.12. The van der Waals surface area contributed by atoms with Crippen molar-refractivity contribution in [3.63, 3.8) is 0 Å². The van der Waals surface area contributed by atoms with Crippen LogP contribution in [-0.4, -0.2) is 24.4 Å². The molecule has 3 heterocycles. The van der Waals surface area contributed by atoms with E-state index in [0.717, 1.165) is 10.2 Å². The minimum absolute atomic E-state index is 0.0888. The Hall–Kier alpha value is -4.89. The third-order valence-electron chi connectivity index (χ3n) is 7.31. The van der Waals surface area contributed by atoms with Crippen LogP contribution in [0.5, 0.6) is 0 Å². The maximum Gasteiger partial charge on any atom is 0.282 e. The normalized spacial score (nSPS) is 12.0. The third kappa shape index (κ3) is 4.35. The largest absolute Gasteiger partial charge is 0.397 e. The molecule has 0 bridgehead atoms. The van der Waals surface area contributed by atoms with Crippen molar-refractivity contribution in [1.29, 1.82) is 0 Å². The van der Waals surface area contributed by atoms with Gasteiger partial charge in [-0.15, -0.1) is 0 Å². The van der Waals surface area contributed by atoms with Crippen LogP contribution in [0.2, 0.25) is 0 Å². The number of rotatable bonds is 4. The van der Waals surface area contributed by atoms with E-state index in [0.29, 0.717) is 44.6 Å². The van der Waals surface area contributed by atoms with Crippen LogP contribution in [-0.2, 0) is 12.0 Å². The smallest absolute Gasteiger partial charge is 0.282 e. The van der Waals surface area contributed by atoms with Crippen LogP contribution in [0.15, 0.2) is 83.9 Å². The highest BCUT2D eigenvalue weighted by molar-refractivity contribution is 5.92. The van der Waals surface area contributed by atoms with E-state index in [1.807, 2.05) is 20.8 Å². The fourth-order valence-electron chi connectivity index (χ4n) is 5.12. The zero-order valence-electron chi connectivity index (χ0n) is 22.7. The maximum atomic E-state index is 15.3. The molecule has 0 amide bonds. The summed E-state index contributed by atoms with van der Waals surface area (Å²) >= 11 is 0. The van der Waals surface area contributed by atoms with Crippen LogP contribution < -0.4 is 11.3 Å². The van der Waals surface area contributed by atoms with Gasteiger partial charge in [-0.05, 0) is 59.5 Å². The van der Waals surface area contributed by atoms with Gasteiger partial charge in [-0.1, -0.05) is 39.0 Å². The number of aliphatic hydroxyl groups is 1. The van der Waals surface area contributed by atoms with Gasteiger partial charge in [0.1, 0.15) is 17.3 Å². The zero-order valence-corrected chi connectivity index (χ0v) is 22.7. The molecule has 6 rings (SSSR count). The van der Waals surface area contributed by atoms with E-state index < -0.39 is 23.8 Å². The lowest BCUT2D eigenvalue weighted by Gasteiger charge is -2.20. The van der Waals surface area contributed by atoms with Gasteiger partial charge >= 0.3 is 0 Å². The number of aromatic nitrogens is 4. The van der Waals surface area contributed by atoms with Crippen LogP contribution in [0.4, 0.5) is 14.5 Å². The summed E-state index contributed by atoms with van der Waals surface area (Å²) < 4.78 is 32.6. The molecule has 3 aromatic heterocycles. The van der Waals surface area contributed by atoms with Gasteiger partial charge in [0.05, 0.1) is 40.9 Å². The zero-order chi connectivity index (χ0) is 29.1. The SMILES string of the molecule is CC(C)(C)c1cc(F)c2c(=O)n(-c3cccc(-n4cc(N)c5ccc(-c6ccccc6F)nc54)c3CO)ncc2c1. The molecule has 0 aliphatic heterocycles. The van der Waals surface area contributed by atoms with E-state index in [1.54, 1.807) is 65.4 Å². The average Bonchev–Trinajstić information content (AvgIpc) is 3.27. The molecule has 0 unspecified atom stereocenters. The van der Waals surface area contributed by atoms with Gasteiger partial charge in [0.15, 0.2) is 0 Å². The average molecular weight is 552 g/mol. The summed E-state index contributed by atoms with van der Waals surface area (Å²) in [6.07, 6.45) is 3.11. The molecule has 0 spiro atoms. The van der Waals surface area contributed by atoms with E-state index >= 15 is 4.39 Å². The Morgan fingerprint density at radius 3 is 2.44 bits per heavy atom. The van der Waals surface area contributed by atoms with Crippen molar-refractivity contribution < 1.29 is 13.9 Å². The summed E-state index contributed by atoms with van der Waals surface area (Å²) in [6.45, 7) is 5.43. The lowest BCUT2D eigenvalue weighted by molar-refractivity contribution is 0.281. The quantitative estimate of drug-likeness (QED) is 0.278. The number of pyridine rings is 1. The molecule has 7 nitrogen and oxygen atoms in total. The predicted molar refractivity (Wildman–Crippen MR) is 156 cm³/mol. The molecule has 0 saturated heterocycles. The van der Waals surface area contributed by atoms with E-state index in [1.165, 1.54) is 18.3 Å². The number of nitrogens with zero attached hydrogens (tertiary/aromatic N) is 4. The van der Waals surface area contributed by atoms with Crippen molar-refractivity contribution in [1.82, 2.24) is 19.3 Å². The van der Waals surface area contributed by atoms with Gasteiger partial charge in [-0.3, -0.25) is 9.36 Å². The molecule has 0 fully saturated rings. The summed E-state index contributed by atoms with van der Waals surface area (Å²) in [5.74, 6) is -1.04. The molecule has 0 aliphatic carbocycles. The second-order valence-electron chi connectivity index (χ2n) is 11.0. The van der Waals surface area contributed by atoms with Gasteiger partial charge in [0.2, 0.25) is 0 Å². The first-order valence-electron chi connectivity index (χ1n) is 13.1. The van der Waals surface area contributed by atoms with Crippen LogP contribution in [0.1, 0.15) is 31.9 Å². The summed E-state index contributed by atoms with van der Waals surface area (Å²) in [5.41, 5.74) is 8.83. The Labute approximate surface area is 234 Å². The molecule has 3 N–H and O–H groups in total. The van der Waals surface area contributed by atoms with Gasteiger partial charge in [-0.25, -0.2) is 13.8 Å². The number of anilines is 1. The summed E-state index contributed by atoms with van der Waals surface area (Å²) in [4.78, 5) is 18.3. The van der Waals surface area contributed by atoms with Crippen molar-refractivity contribution in [3.05, 3.63) is 112 Å². The van der Waals surface area contributed by atoms with Gasteiger partial charge < -0.3 is 10.8 Å². The Morgan fingerprint density at radius 2 is 1.71 bits per heavy atom. The molecule has 0 saturated carbocycles. The van der Waals surface area contributed by atoms with Crippen molar-refractivity contribution in [2.45, 2.75) is 32.8 Å². The number of nitrogens with two attached hydrogens (primary N) is 1. The highest BCUT2D eigenvalue weighted by Crippen LogP contribution is 2.32. The summed E-state index contributed by atoms with van der Waals surface area (Å²) in [7, 11) is 0. The van der Waals surface area contributed by atoms with Crippen LogP contribution in [0.25, 0.3) is 44.4 Å². The van der Waals surface area contributed by atoms with Crippen LogP contribution in [0, 0.1) is 11.6 Å². The first-order chi connectivity index (χ1) is 19.6. The van der Waals surface area contributed by atoms with Crippen molar-refractivity contribution in [2.75, 3.05) is 5.73 Å². The first kappa shape index (κ1) is 26.3. The molecule has 41 heavy (non-hydrogen) atoms. The van der Waals surface area contributed by atoms with E-state index in [2.05, 4.69) is 5.10 Å². The molecule has 3 aromatic carbocycles. The van der Waals surface area contributed by atoms with E-state index in [4.69, 9.17) is 10.7 Å². The molecular formula is C32H27F2N5O2. The van der Waals surface area contributed by atoms with Gasteiger partial charge in [0, 0.05) is 28.1 Å². The standard InChI is InChI=1S/C32H27F2N5O2/c1-32(2,3)19-13-18-15-36-39(31(41)29(18)24(34)14-19)28-10-6-9-27(22(28)17-40)38-16-25(35)21-11-12-26(37-30(21)38)20-7-4-5-8-23(20)33/h4-16,40H,17,35H2,1-3H3. The summed E-state index contributed by atoms with van der Waals surface area (Å²) in [6, 6.07) is 18.0. The van der Waals surface area contributed by atoms with E-state index in [9.17, 15) is 14.3 Å². The number of hydrogen-bond acceptors (Lipinski definition) is 5. The Morgan fingerprint density at radius 1 is 0.951 bits per heavy atom. The highest BCUT2D eigenvalue weighted by Gasteiger charge is 2.21. The number of fused-ring (bicyclic) bond motifs is 2. The molecule has 0 atom stereocenters. The third-order valence-corrected chi connectivity index (χ3v) is 7.31. The Kier molecular flexibility index (Phi) is 6.19. The second-order valence-corrected chi connectivity index (χ2v) is 11.0. The monoisotopic (exact) mass is 551 g/mol. The number of benzene rings is 3. The van der Waals surface area contributed by atoms with Crippen LogP contribution >= 0.6 is 0 Å². The topological polar surface area (TPSA) is 99.0 Å². The Bertz CT molecular complexity index is 2040. The minimum Gasteiger partial charge on any atom is -0.397 e. The first-order valence-corrected chi connectivity index (χ1v) is 13.1. The fraction of sp³-hybridized carbons (Fsp3) is 0.156.